The van der Waals surface area contributed by atoms with Crippen molar-refractivity contribution in [3.8, 4) is 0 Å². The Bertz CT molecular complexity index is 686. The zero-order chi connectivity index (χ0) is 21.8. The number of esters is 1. The van der Waals surface area contributed by atoms with Gasteiger partial charge in [0.25, 0.3) is 0 Å². The van der Waals surface area contributed by atoms with Crippen LogP contribution < -0.4 is 5.73 Å². The summed E-state index contributed by atoms with van der Waals surface area (Å²) >= 11 is 0. The van der Waals surface area contributed by atoms with Crippen molar-refractivity contribution in [3.63, 3.8) is 0 Å². The SMILES string of the molecule is CC(C)OC(=O)[C@@H](N)Cc1ccc(CCCCC(=O)O)c(CCCCC(=O)O)c1. The van der Waals surface area contributed by atoms with E-state index in [1.165, 1.54) is 0 Å². The standard InChI is InChI=1S/C22H33NO6/c1-15(2)29-22(28)19(23)14-16-11-12-17(7-3-5-9-20(24)25)18(13-16)8-4-6-10-21(26)27/h11-13,15,19H,3-10,14,23H2,1-2H3,(H,24,25)(H,26,27)/t19-/m0/s1. The topological polar surface area (TPSA) is 127 Å². The quantitative estimate of drug-likeness (QED) is 0.319. The molecule has 0 aliphatic rings. The number of hydrogen-bond donors (Lipinski definition) is 3. The van der Waals surface area contributed by atoms with Crippen molar-refractivity contribution in [1.29, 1.82) is 0 Å². The van der Waals surface area contributed by atoms with Crippen LogP contribution in [0.4, 0.5) is 0 Å². The number of ether oxygens (including phenoxy) is 1. The predicted molar refractivity (Wildman–Crippen MR) is 110 cm³/mol. The second-order valence-corrected chi connectivity index (χ2v) is 7.60. The number of aliphatic carboxylic acids is 2. The molecule has 0 unspecified atom stereocenters. The third kappa shape index (κ3) is 10.6. The average molecular weight is 408 g/mol. The Kier molecular flexibility index (Phi) is 11.0. The van der Waals surface area contributed by atoms with Gasteiger partial charge in [0.1, 0.15) is 6.04 Å². The van der Waals surface area contributed by atoms with Crippen molar-refractivity contribution in [3.05, 3.63) is 34.9 Å². The molecule has 4 N–H and O–H groups in total. The smallest absolute Gasteiger partial charge is 0.323 e. The number of rotatable bonds is 14. The maximum absolute atomic E-state index is 12.0. The Morgan fingerprint density at radius 2 is 1.48 bits per heavy atom. The fourth-order valence-corrected chi connectivity index (χ4v) is 3.12. The fraction of sp³-hybridized carbons (Fsp3) is 0.591. The maximum atomic E-state index is 12.0. The molecule has 1 aromatic carbocycles. The van der Waals surface area contributed by atoms with Crippen LogP contribution in [0.25, 0.3) is 0 Å². The van der Waals surface area contributed by atoms with Crippen LogP contribution in [0.15, 0.2) is 18.2 Å². The number of aryl methyl sites for hydroxylation is 2. The molecule has 29 heavy (non-hydrogen) atoms. The van der Waals surface area contributed by atoms with Gasteiger partial charge >= 0.3 is 17.9 Å². The van der Waals surface area contributed by atoms with Gasteiger partial charge in [-0.1, -0.05) is 18.2 Å². The van der Waals surface area contributed by atoms with E-state index in [9.17, 15) is 14.4 Å². The van der Waals surface area contributed by atoms with Crippen molar-refractivity contribution in [2.24, 2.45) is 5.73 Å². The van der Waals surface area contributed by atoms with Gasteiger partial charge < -0.3 is 20.7 Å². The Hall–Kier alpha value is -2.41. The summed E-state index contributed by atoms with van der Waals surface area (Å²) in [5.41, 5.74) is 9.14. The number of carbonyl (C=O) groups excluding carboxylic acids is 1. The van der Waals surface area contributed by atoms with Crippen molar-refractivity contribution in [2.75, 3.05) is 0 Å². The van der Waals surface area contributed by atoms with E-state index in [1.807, 2.05) is 18.2 Å². The number of carboxylic acids is 2. The van der Waals surface area contributed by atoms with Gasteiger partial charge in [0.2, 0.25) is 0 Å². The summed E-state index contributed by atoms with van der Waals surface area (Å²) in [5, 5.41) is 17.6. The second kappa shape index (κ2) is 12.9. The van der Waals surface area contributed by atoms with E-state index in [0.717, 1.165) is 42.4 Å². The third-order valence-electron chi connectivity index (χ3n) is 4.55. The molecule has 0 aliphatic heterocycles. The van der Waals surface area contributed by atoms with Gasteiger partial charge in [-0.2, -0.15) is 0 Å². The Balaban J connectivity index is 2.79. The van der Waals surface area contributed by atoms with Crippen LogP contribution in [0.3, 0.4) is 0 Å². The highest BCUT2D eigenvalue weighted by molar-refractivity contribution is 5.76. The molecule has 162 valence electrons. The lowest BCUT2D eigenvalue weighted by atomic mass is 9.93. The van der Waals surface area contributed by atoms with Gasteiger partial charge in [0, 0.05) is 12.8 Å². The monoisotopic (exact) mass is 407 g/mol. The number of unbranched alkanes of at least 4 members (excludes halogenated alkanes) is 2. The highest BCUT2D eigenvalue weighted by Crippen LogP contribution is 2.19. The highest BCUT2D eigenvalue weighted by atomic mass is 16.5. The predicted octanol–water partition coefficient (Wildman–Crippen LogP) is 3.10. The van der Waals surface area contributed by atoms with E-state index in [1.54, 1.807) is 13.8 Å². The number of carboxylic acid groups (broad SMARTS) is 2. The number of hydrogen-bond acceptors (Lipinski definition) is 5. The summed E-state index contributed by atoms with van der Waals surface area (Å²) in [6.07, 6.45) is 4.68. The normalized spacial score (nSPS) is 12.0. The number of carbonyl (C=O) groups is 3. The zero-order valence-electron chi connectivity index (χ0n) is 17.4. The molecular weight excluding hydrogens is 374 g/mol. The van der Waals surface area contributed by atoms with Gasteiger partial charge in [-0.15, -0.1) is 0 Å². The van der Waals surface area contributed by atoms with Crippen molar-refractivity contribution in [1.82, 2.24) is 0 Å². The second-order valence-electron chi connectivity index (χ2n) is 7.60. The first-order chi connectivity index (χ1) is 13.7. The molecule has 0 radical (unpaired) electrons. The molecule has 0 bridgehead atoms. The highest BCUT2D eigenvalue weighted by Gasteiger charge is 2.17. The van der Waals surface area contributed by atoms with Crippen molar-refractivity contribution >= 4 is 17.9 Å². The van der Waals surface area contributed by atoms with Crippen LogP contribution in [0.1, 0.15) is 69.1 Å². The fourth-order valence-electron chi connectivity index (χ4n) is 3.12. The van der Waals surface area contributed by atoms with Crippen molar-refractivity contribution < 1.29 is 29.3 Å². The lowest BCUT2D eigenvalue weighted by Gasteiger charge is -2.16. The summed E-state index contributed by atoms with van der Waals surface area (Å²) in [4.78, 5) is 33.4. The summed E-state index contributed by atoms with van der Waals surface area (Å²) in [5.74, 6) is -2.03. The van der Waals surface area contributed by atoms with E-state index in [-0.39, 0.29) is 18.9 Å². The summed E-state index contributed by atoms with van der Waals surface area (Å²) in [6.45, 7) is 3.55. The first kappa shape index (κ1) is 24.6. The van der Waals surface area contributed by atoms with Crippen LogP contribution >= 0.6 is 0 Å². The molecule has 0 aromatic heterocycles. The van der Waals surface area contributed by atoms with Gasteiger partial charge in [0.05, 0.1) is 6.10 Å². The minimum Gasteiger partial charge on any atom is -0.481 e. The van der Waals surface area contributed by atoms with Gasteiger partial charge in [-0.05, 0) is 75.5 Å². The molecule has 1 atom stereocenters. The summed E-state index contributed by atoms with van der Waals surface area (Å²) < 4.78 is 5.16. The molecule has 0 heterocycles. The van der Waals surface area contributed by atoms with Crippen LogP contribution in [-0.4, -0.2) is 40.3 Å². The van der Waals surface area contributed by atoms with Crippen LogP contribution in [0.5, 0.6) is 0 Å². The Morgan fingerprint density at radius 1 is 0.931 bits per heavy atom. The zero-order valence-corrected chi connectivity index (χ0v) is 17.4. The molecule has 0 saturated heterocycles. The molecule has 0 spiro atoms. The van der Waals surface area contributed by atoms with E-state index < -0.39 is 23.9 Å². The van der Waals surface area contributed by atoms with Crippen LogP contribution in [0.2, 0.25) is 0 Å². The number of nitrogens with two attached hydrogens (primary N) is 1. The molecule has 1 aromatic rings. The summed E-state index contributed by atoms with van der Waals surface area (Å²) in [6, 6.07) is 5.23. The average Bonchev–Trinajstić information content (AvgIpc) is 2.62. The Morgan fingerprint density at radius 3 is 2.00 bits per heavy atom. The number of benzene rings is 1. The molecule has 0 saturated carbocycles. The Labute approximate surface area is 172 Å². The first-order valence-corrected chi connectivity index (χ1v) is 10.2. The largest absolute Gasteiger partial charge is 0.481 e. The van der Waals surface area contributed by atoms with E-state index >= 15 is 0 Å². The van der Waals surface area contributed by atoms with Gasteiger partial charge in [-0.3, -0.25) is 14.4 Å². The van der Waals surface area contributed by atoms with E-state index in [0.29, 0.717) is 19.3 Å². The lowest BCUT2D eigenvalue weighted by Crippen LogP contribution is -2.35. The molecule has 7 heteroatoms. The lowest BCUT2D eigenvalue weighted by molar-refractivity contribution is -0.149. The molecule has 7 nitrogen and oxygen atoms in total. The molecule has 0 aliphatic carbocycles. The summed E-state index contributed by atoms with van der Waals surface area (Å²) in [7, 11) is 0. The van der Waals surface area contributed by atoms with Gasteiger partial charge in [0.15, 0.2) is 0 Å². The van der Waals surface area contributed by atoms with E-state index in [4.69, 9.17) is 20.7 Å². The van der Waals surface area contributed by atoms with Crippen LogP contribution in [-0.2, 0) is 38.4 Å². The molecule has 0 fully saturated rings. The molecule has 1 rings (SSSR count). The minimum absolute atomic E-state index is 0.138. The molecular formula is C22H33NO6. The van der Waals surface area contributed by atoms with Gasteiger partial charge in [-0.25, -0.2) is 0 Å². The third-order valence-corrected chi connectivity index (χ3v) is 4.55. The first-order valence-electron chi connectivity index (χ1n) is 10.2. The maximum Gasteiger partial charge on any atom is 0.323 e. The molecule has 0 amide bonds. The minimum atomic E-state index is -0.803. The van der Waals surface area contributed by atoms with Crippen LogP contribution in [0, 0.1) is 0 Å². The van der Waals surface area contributed by atoms with E-state index in [2.05, 4.69) is 0 Å². The van der Waals surface area contributed by atoms with Crippen molar-refractivity contribution in [2.45, 2.75) is 83.8 Å².